The van der Waals surface area contributed by atoms with Crippen LogP contribution in [-0.2, 0) is 10.0 Å². The van der Waals surface area contributed by atoms with Gasteiger partial charge in [-0.1, -0.05) is 30.4 Å². The zero-order valence-corrected chi connectivity index (χ0v) is 16.2. The second-order valence-corrected chi connectivity index (χ2v) is 7.99. The number of rotatable bonds is 6. The van der Waals surface area contributed by atoms with E-state index in [2.05, 4.69) is 9.71 Å². The van der Waals surface area contributed by atoms with Crippen LogP contribution in [0.25, 0.3) is 12.2 Å². The lowest BCUT2D eigenvalue weighted by molar-refractivity contribution is 0.0693. The summed E-state index contributed by atoms with van der Waals surface area (Å²) in [6, 6.07) is 13.9. The fraction of sp³-hybridized carbons (Fsp3) is 0.0476. The van der Waals surface area contributed by atoms with Gasteiger partial charge in [0, 0.05) is 6.20 Å². The van der Waals surface area contributed by atoms with Gasteiger partial charge in [0.2, 0.25) is 0 Å². The van der Waals surface area contributed by atoms with Crippen molar-refractivity contribution < 1.29 is 23.4 Å². The van der Waals surface area contributed by atoms with Crippen molar-refractivity contribution in [3.8, 4) is 5.75 Å². The molecule has 0 aliphatic carbocycles. The van der Waals surface area contributed by atoms with E-state index < -0.39 is 16.0 Å². The number of benzene rings is 2. The number of phenols is 1. The fourth-order valence-corrected chi connectivity index (χ4v) is 3.57. The predicted octanol–water partition coefficient (Wildman–Crippen LogP) is 3.77. The maximum Gasteiger partial charge on any atom is 0.339 e. The number of aromatic carboxylic acids is 1. The first-order chi connectivity index (χ1) is 13.7. The van der Waals surface area contributed by atoms with Gasteiger partial charge in [0.05, 0.1) is 4.90 Å². The molecule has 7 nitrogen and oxygen atoms in total. The number of aromatic hydroxyl groups is 1. The van der Waals surface area contributed by atoms with E-state index >= 15 is 0 Å². The number of aryl methyl sites for hydroxylation is 1. The van der Waals surface area contributed by atoms with E-state index in [1.165, 1.54) is 30.5 Å². The van der Waals surface area contributed by atoms with Crippen LogP contribution in [-0.4, -0.2) is 29.6 Å². The summed E-state index contributed by atoms with van der Waals surface area (Å²) >= 11 is 0. The first kappa shape index (κ1) is 20.1. The highest BCUT2D eigenvalue weighted by molar-refractivity contribution is 7.92. The second-order valence-electron chi connectivity index (χ2n) is 6.31. The molecular formula is C21H18N2O5S. The summed E-state index contributed by atoms with van der Waals surface area (Å²) < 4.78 is 27.4. The smallest absolute Gasteiger partial charge is 0.339 e. The van der Waals surface area contributed by atoms with Crippen LogP contribution in [0.15, 0.2) is 65.7 Å². The molecule has 0 aliphatic heterocycles. The maximum absolute atomic E-state index is 12.5. The molecule has 0 bridgehead atoms. The molecule has 0 fully saturated rings. The molecule has 0 atom stereocenters. The summed E-state index contributed by atoms with van der Waals surface area (Å²) in [5.41, 5.74) is 2.01. The minimum atomic E-state index is -3.76. The number of nitrogens with zero attached hydrogens (tertiary/aromatic N) is 1. The summed E-state index contributed by atoms with van der Waals surface area (Å²) in [4.78, 5) is 15.2. The Hall–Kier alpha value is -3.65. The highest BCUT2D eigenvalue weighted by Gasteiger charge is 2.14. The van der Waals surface area contributed by atoms with Crippen LogP contribution in [0.4, 0.5) is 5.82 Å². The Labute approximate surface area is 168 Å². The molecule has 0 spiro atoms. The first-order valence-electron chi connectivity index (χ1n) is 8.54. The zero-order chi connectivity index (χ0) is 21.0. The Kier molecular flexibility index (Phi) is 5.65. The molecule has 1 heterocycles. The van der Waals surface area contributed by atoms with Crippen molar-refractivity contribution in [1.82, 2.24) is 4.98 Å². The SMILES string of the molecule is Cc1ccnc(NS(=O)(=O)c2ccc(/C=C/c3ccc(O)c(C(=O)O)c3)cc2)c1. The second kappa shape index (κ2) is 8.15. The molecule has 0 saturated carbocycles. The van der Waals surface area contributed by atoms with Crippen LogP contribution < -0.4 is 4.72 Å². The number of hydrogen-bond acceptors (Lipinski definition) is 5. The van der Waals surface area contributed by atoms with Crippen LogP contribution in [0.1, 0.15) is 27.0 Å². The molecule has 148 valence electrons. The maximum atomic E-state index is 12.5. The van der Waals surface area contributed by atoms with Gasteiger partial charge in [-0.25, -0.2) is 18.2 Å². The van der Waals surface area contributed by atoms with Crippen LogP contribution in [0.2, 0.25) is 0 Å². The summed E-state index contributed by atoms with van der Waals surface area (Å²) in [5.74, 6) is -1.28. The van der Waals surface area contributed by atoms with Crippen LogP contribution in [0.5, 0.6) is 5.75 Å². The summed E-state index contributed by atoms with van der Waals surface area (Å²) in [5, 5.41) is 18.6. The third-order valence-corrected chi connectivity index (χ3v) is 5.43. The molecular weight excluding hydrogens is 392 g/mol. The Morgan fingerprint density at radius 1 is 1.00 bits per heavy atom. The number of anilines is 1. The van der Waals surface area contributed by atoms with Crippen LogP contribution >= 0.6 is 0 Å². The third-order valence-electron chi connectivity index (χ3n) is 4.06. The van der Waals surface area contributed by atoms with Crippen molar-refractivity contribution in [2.24, 2.45) is 0 Å². The van der Waals surface area contributed by atoms with Gasteiger partial charge in [0.1, 0.15) is 17.1 Å². The summed E-state index contributed by atoms with van der Waals surface area (Å²) in [7, 11) is -3.76. The van der Waals surface area contributed by atoms with Gasteiger partial charge >= 0.3 is 5.97 Å². The fourth-order valence-electron chi connectivity index (χ4n) is 2.57. The van der Waals surface area contributed by atoms with Gasteiger partial charge in [-0.15, -0.1) is 0 Å². The monoisotopic (exact) mass is 410 g/mol. The molecule has 29 heavy (non-hydrogen) atoms. The highest BCUT2D eigenvalue weighted by Crippen LogP contribution is 2.21. The highest BCUT2D eigenvalue weighted by atomic mass is 32.2. The van der Waals surface area contributed by atoms with E-state index in [0.29, 0.717) is 5.56 Å². The first-order valence-corrected chi connectivity index (χ1v) is 10.0. The molecule has 0 amide bonds. The van der Waals surface area contributed by atoms with Crippen molar-refractivity contribution in [3.63, 3.8) is 0 Å². The van der Waals surface area contributed by atoms with Gasteiger partial charge in [-0.2, -0.15) is 0 Å². The number of pyridine rings is 1. The Morgan fingerprint density at radius 3 is 2.31 bits per heavy atom. The molecule has 3 rings (SSSR count). The van der Waals surface area contributed by atoms with Crippen molar-refractivity contribution >= 4 is 34.0 Å². The van der Waals surface area contributed by atoms with E-state index in [1.54, 1.807) is 42.5 Å². The number of sulfonamides is 1. The molecule has 0 saturated heterocycles. The van der Waals surface area contributed by atoms with E-state index in [-0.39, 0.29) is 22.0 Å². The lowest BCUT2D eigenvalue weighted by Crippen LogP contribution is -2.13. The van der Waals surface area contributed by atoms with Gasteiger partial charge in [0.25, 0.3) is 10.0 Å². The quantitative estimate of drug-likeness (QED) is 0.533. The van der Waals surface area contributed by atoms with Crippen molar-refractivity contribution in [2.75, 3.05) is 4.72 Å². The molecule has 2 aromatic carbocycles. The molecule has 1 aromatic heterocycles. The average molecular weight is 410 g/mol. The van der Waals surface area contributed by atoms with Crippen molar-refractivity contribution in [3.05, 3.63) is 83.0 Å². The predicted molar refractivity (Wildman–Crippen MR) is 110 cm³/mol. The standard InChI is InChI=1S/C21H18N2O5S/c1-14-10-11-22-20(12-14)23-29(27,28)17-7-4-15(5-8-17)2-3-16-6-9-19(24)18(13-16)21(25)26/h2-13,24H,1H3,(H,22,23)(H,25,26)/b3-2+. The molecule has 3 N–H and O–H groups in total. The Bertz CT molecular complexity index is 1190. The molecule has 0 aliphatic rings. The van der Waals surface area contributed by atoms with E-state index in [1.807, 2.05) is 6.92 Å². The summed E-state index contributed by atoms with van der Waals surface area (Å²) in [6.07, 6.45) is 4.91. The molecule has 8 heteroatoms. The number of carboxylic acid groups (broad SMARTS) is 1. The van der Waals surface area contributed by atoms with E-state index in [0.717, 1.165) is 11.1 Å². The number of carbonyl (C=O) groups is 1. The van der Waals surface area contributed by atoms with E-state index in [4.69, 9.17) is 5.11 Å². The topological polar surface area (TPSA) is 117 Å². The van der Waals surface area contributed by atoms with Gasteiger partial charge in [-0.3, -0.25) is 4.72 Å². The Balaban J connectivity index is 1.77. The molecule has 0 unspecified atom stereocenters. The minimum Gasteiger partial charge on any atom is -0.507 e. The van der Waals surface area contributed by atoms with Gasteiger partial charge < -0.3 is 10.2 Å². The largest absolute Gasteiger partial charge is 0.507 e. The number of nitrogens with one attached hydrogen (secondary N) is 1. The van der Waals surface area contributed by atoms with Crippen LogP contribution in [0.3, 0.4) is 0 Å². The number of aromatic nitrogens is 1. The van der Waals surface area contributed by atoms with Crippen molar-refractivity contribution in [2.45, 2.75) is 11.8 Å². The van der Waals surface area contributed by atoms with E-state index in [9.17, 15) is 18.3 Å². The van der Waals surface area contributed by atoms with Crippen molar-refractivity contribution in [1.29, 1.82) is 0 Å². The lowest BCUT2D eigenvalue weighted by atomic mass is 10.1. The third kappa shape index (κ3) is 4.99. The lowest BCUT2D eigenvalue weighted by Gasteiger charge is -2.08. The number of hydrogen-bond donors (Lipinski definition) is 3. The van der Waals surface area contributed by atoms with Crippen LogP contribution in [0, 0.1) is 6.92 Å². The average Bonchev–Trinajstić information content (AvgIpc) is 2.67. The molecule has 3 aromatic rings. The molecule has 0 radical (unpaired) electrons. The van der Waals surface area contributed by atoms with Gasteiger partial charge in [0.15, 0.2) is 0 Å². The zero-order valence-electron chi connectivity index (χ0n) is 15.4. The van der Waals surface area contributed by atoms with Gasteiger partial charge in [-0.05, 0) is 60.0 Å². The minimum absolute atomic E-state index is 0.0933. The Morgan fingerprint density at radius 2 is 1.66 bits per heavy atom. The number of carboxylic acids is 1. The normalized spacial score (nSPS) is 11.5. The summed E-state index contributed by atoms with van der Waals surface area (Å²) in [6.45, 7) is 1.84.